The largest absolute Gasteiger partial charge is 0.332 e. The van der Waals surface area contributed by atoms with Gasteiger partial charge in [-0.25, -0.2) is 0 Å². The molecule has 0 atom stereocenters. The van der Waals surface area contributed by atoms with E-state index in [9.17, 15) is 4.79 Å². The minimum absolute atomic E-state index is 0.160. The standard InChI is InChI=1S/C20H17ClN2OS/c1-13-9-10-16(12-18(13)21)22-20(25)23-19(24)11-15-7-4-6-14-5-2-3-8-17(14)15/h2-10,12H,11H2,1H3,(H2,22,23,24,25). The van der Waals surface area contributed by atoms with Crippen LogP contribution in [0.25, 0.3) is 10.8 Å². The van der Waals surface area contributed by atoms with Crippen LogP contribution in [0.5, 0.6) is 0 Å². The molecule has 25 heavy (non-hydrogen) atoms. The van der Waals surface area contributed by atoms with Crippen LogP contribution in [0.3, 0.4) is 0 Å². The van der Waals surface area contributed by atoms with E-state index in [1.54, 1.807) is 6.07 Å². The molecule has 3 rings (SSSR count). The smallest absolute Gasteiger partial charge is 0.230 e. The van der Waals surface area contributed by atoms with Gasteiger partial charge in [0.25, 0.3) is 0 Å². The van der Waals surface area contributed by atoms with E-state index >= 15 is 0 Å². The molecule has 0 spiro atoms. The number of anilines is 1. The molecule has 1 amide bonds. The van der Waals surface area contributed by atoms with Crippen molar-refractivity contribution in [1.29, 1.82) is 0 Å². The summed E-state index contributed by atoms with van der Waals surface area (Å²) in [7, 11) is 0. The van der Waals surface area contributed by atoms with Crippen LogP contribution in [-0.2, 0) is 11.2 Å². The summed E-state index contributed by atoms with van der Waals surface area (Å²) in [6.45, 7) is 1.93. The normalized spacial score (nSPS) is 10.5. The molecule has 0 aliphatic heterocycles. The first-order chi connectivity index (χ1) is 12.0. The van der Waals surface area contributed by atoms with Gasteiger partial charge in [-0.3, -0.25) is 4.79 Å². The van der Waals surface area contributed by atoms with Crippen molar-refractivity contribution in [2.75, 3.05) is 5.32 Å². The number of fused-ring (bicyclic) bond motifs is 1. The Morgan fingerprint density at radius 2 is 1.84 bits per heavy atom. The average Bonchev–Trinajstić information content (AvgIpc) is 2.58. The highest BCUT2D eigenvalue weighted by Gasteiger charge is 2.09. The third-order valence-corrected chi connectivity index (χ3v) is 4.52. The van der Waals surface area contributed by atoms with Crippen molar-refractivity contribution in [3.63, 3.8) is 0 Å². The van der Waals surface area contributed by atoms with Gasteiger partial charge in [0, 0.05) is 10.7 Å². The van der Waals surface area contributed by atoms with Gasteiger partial charge in [0.15, 0.2) is 5.11 Å². The summed E-state index contributed by atoms with van der Waals surface area (Å²) in [5.41, 5.74) is 2.70. The van der Waals surface area contributed by atoms with Crippen LogP contribution in [0.1, 0.15) is 11.1 Å². The SMILES string of the molecule is Cc1ccc(NC(=S)NC(=O)Cc2cccc3ccccc23)cc1Cl. The second-order valence-electron chi connectivity index (χ2n) is 5.78. The van der Waals surface area contributed by atoms with Gasteiger partial charge in [-0.1, -0.05) is 60.1 Å². The number of thiocarbonyl (C=S) groups is 1. The fourth-order valence-electron chi connectivity index (χ4n) is 2.62. The number of benzene rings is 3. The molecular weight excluding hydrogens is 352 g/mol. The lowest BCUT2D eigenvalue weighted by Crippen LogP contribution is -2.35. The molecule has 0 bridgehead atoms. The van der Waals surface area contributed by atoms with E-state index in [-0.39, 0.29) is 17.4 Å². The van der Waals surface area contributed by atoms with Crippen LogP contribution in [0, 0.1) is 6.92 Å². The Bertz CT molecular complexity index is 950. The van der Waals surface area contributed by atoms with E-state index < -0.39 is 0 Å². The van der Waals surface area contributed by atoms with Gasteiger partial charge >= 0.3 is 0 Å². The number of halogens is 1. The zero-order valence-electron chi connectivity index (χ0n) is 13.7. The van der Waals surface area contributed by atoms with Crippen LogP contribution in [-0.4, -0.2) is 11.0 Å². The molecule has 5 heteroatoms. The second-order valence-corrected chi connectivity index (χ2v) is 6.60. The maximum absolute atomic E-state index is 12.3. The number of hydrogen-bond acceptors (Lipinski definition) is 2. The molecule has 0 aliphatic carbocycles. The average molecular weight is 369 g/mol. The first-order valence-electron chi connectivity index (χ1n) is 7.86. The highest BCUT2D eigenvalue weighted by molar-refractivity contribution is 7.80. The van der Waals surface area contributed by atoms with E-state index in [0.717, 1.165) is 27.6 Å². The third-order valence-electron chi connectivity index (χ3n) is 3.91. The third kappa shape index (κ3) is 4.35. The van der Waals surface area contributed by atoms with Gasteiger partial charge in [-0.2, -0.15) is 0 Å². The second kappa shape index (κ2) is 7.64. The lowest BCUT2D eigenvalue weighted by Gasteiger charge is -2.11. The summed E-state index contributed by atoms with van der Waals surface area (Å²) in [5, 5.41) is 8.78. The monoisotopic (exact) mass is 368 g/mol. The van der Waals surface area contributed by atoms with Gasteiger partial charge in [0.1, 0.15) is 0 Å². The van der Waals surface area contributed by atoms with Crippen molar-refractivity contribution in [3.05, 3.63) is 76.8 Å². The van der Waals surface area contributed by atoms with E-state index in [4.69, 9.17) is 23.8 Å². The molecule has 0 heterocycles. The zero-order chi connectivity index (χ0) is 17.8. The topological polar surface area (TPSA) is 41.1 Å². The van der Waals surface area contributed by atoms with Crippen LogP contribution in [0.2, 0.25) is 5.02 Å². The van der Waals surface area contributed by atoms with E-state index in [2.05, 4.69) is 10.6 Å². The Balaban J connectivity index is 1.65. The van der Waals surface area contributed by atoms with Gasteiger partial charge in [0.2, 0.25) is 5.91 Å². The van der Waals surface area contributed by atoms with Crippen LogP contribution in [0.15, 0.2) is 60.7 Å². The van der Waals surface area contributed by atoms with Crippen molar-refractivity contribution in [2.24, 2.45) is 0 Å². The first kappa shape index (κ1) is 17.4. The molecule has 3 aromatic rings. The summed E-state index contributed by atoms with van der Waals surface area (Å²) in [4.78, 5) is 12.3. The number of aryl methyl sites for hydroxylation is 1. The maximum atomic E-state index is 12.3. The van der Waals surface area contributed by atoms with E-state index in [0.29, 0.717) is 5.02 Å². The Kier molecular flexibility index (Phi) is 5.31. The Morgan fingerprint density at radius 3 is 2.64 bits per heavy atom. The molecule has 0 saturated carbocycles. The summed E-state index contributed by atoms with van der Waals surface area (Å²) in [6.07, 6.45) is 0.262. The zero-order valence-corrected chi connectivity index (χ0v) is 15.2. The quantitative estimate of drug-likeness (QED) is 0.649. The lowest BCUT2D eigenvalue weighted by atomic mass is 10.0. The highest BCUT2D eigenvalue weighted by atomic mass is 35.5. The number of carbonyl (C=O) groups is 1. The van der Waals surface area contributed by atoms with E-state index in [1.165, 1.54) is 0 Å². The fourth-order valence-corrected chi connectivity index (χ4v) is 3.04. The number of nitrogens with one attached hydrogen (secondary N) is 2. The van der Waals surface area contributed by atoms with Gasteiger partial charge in [-0.15, -0.1) is 0 Å². The van der Waals surface area contributed by atoms with Gasteiger partial charge in [0.05, 0.1) is 6.42 Å². The molecule has 3 aromatic carbocycles. The molecule has 3 nitrogen and oxygen atoms in total. The summed E-state index contributed by atoms with van der Waals surface area (Å²) >= 11 is 11.3. The molecule has 0 aromatic heterocycles. The predicted molar refractivity (Wildman–Crippen MR) is 108 cm³/mol. The molecule has 126 valence electrons. The van der Waals surface area contributed by atoms with Crippen molar-refractivity contribution >= 4 is 51.3 Å². The molecule has 0 aliphatic rings. The molecular formula is C20H17ClN2OS. The lowest BCUT2D eigenvalue weighted by molar-refractivity contribution is -0.119. The van der Waals surface area contributed by atoms with Crippen LogP contribution in [0.4, 0.5) is 5.69 Å². The minimum atomic E-state index is -0.160. The molecule has 0 unspecified atom stereocenters. The van der Waals surface area contributed by atoms with Crippen LogP contribution >= 0.6 is 23.8 Å². The maximum Gasteiger partial charge on any atom is 0.230 e. The number of carbonyl (C=O) groups excluding carboxylic acids is 1. The number of rotatable bonds is 3. The van der Waals surface area contributed by atoms with Gasteiger partial charge < -0.3 is 10.6 Å². The number of hydrogen-bond donors (Lipinski definition) is 2. The van der Waals surface area contributed by atoms with Crippen LogP contribution < -0.4 is 10.6 Å². The van der Waals surface area contributed by atoms with E-state index in [1.807, 2.05) is 61.5 Å². The summed E-state index contributed by atoms with van der Waals surface area (Å²) in [6, 6.07) is 19.5. The first-order valence-corrected chi connectivity index (χ1v) is 8.65. The van der Waals surface area contributed by atoms with Crippen molar-refractivity contribution in [3.8, 4) is 0 Å². The Hall–Kier alpha value is -2.43. The van der Waals surface area contributed by atoms with Crippen molar-refractivity contribution < 1.29 is 4.79 Å². The summed E-state index contributed by atoms with van der Waals surface area (Å²) < 4.78 is 0. The Labute approximate surface area is 157 Å². The highest BCUT2D eigenvalue weighted by Crippen LogP contribution is 2.20. The summed E-state index contributed by atoms with van der Waals surface area (Å²) in [5.74, 6) is -0.160. The van der Waals surface area contributed by atoms with Crippen molar-refractivity contribution in [1.82, 2.24) is 5.32 Å². The molecule has 0 saturated heterocycles. The predicted octanol–water partition coefficient (Wildman–Crippen LogP) is 4.86. The van der Waals surface area contributed by atoms with Gasteiger partial charge in [-0.05, 0) is 53.2 Å². The molecule has 2 N–H and O–H groups in total. The number of amides is 1. The fraction of sp³-hybridized carbons (Fsp3) is 0.100. The molecule has 0 radical (unpaired) electrons. The molecule has 0 fully saturated rings. The Morgan fingerprint density at radius 1 is 1.08 bits per heavy atom. The van der Waals surface area contributed by atoms with Crippen molar-refractivity contribution in [2.45, 2.75) is 13.3 Å². The minimum Gasteiger partial charge on any atom is -0.332 e.